The van der Waals surface area contributed by atoms with Gasteiger partial charge in [0.1, 0.15) is 0 Å². The summed E-state index contributed by atoms with van der Waals surface area (Å²) in [6.07, 6.45) is 13.9. The molecule has 14 heteroatoms. The number of carbonyl (C=O) groups excluding carboxylic acids is 4. The van der Waals surface area contributed by atoms with Crippen LogP contribution in [0.5, 0.6) is 5.75 Å². The van der Waals surface area contributed by atoms with Crippen LogP contribution in [-0.4, -0.2) is 40.8 Å². The van der Waals surface area contributed by atoms with Crippen LogP contribution in [0.25, 0.3) is 0 Å². The van der Waals surface area contributed by atoms with E-state index in [0.29, 0.717) is 0 Å². The van der Waals surface area contributed by atoms with Crippen LogP contribution < -0.4 is 128 Å². The van der Waals surface area contributed by atoms with Gasteiger partial charge in [-0.15, -0.1) is 0 Å². The summed E-state index contributed by atoms with van der Waals surface area (Å²) >= 11 is 0. The van der Waals surface area contributed by atoms with Gasteiger partial charge in [0.2, 0.25) is 0 Å². The molecule has 0 amide bonds. The summed E-state index contributed by atoms with van der Waals surface area (Å²) in [6.45, 7) is 0. The zero-order valence-corrected chi connectivity index (χ0v) is 22.7. The Morgan fingerprint density at radius 3 is 0.921 bits per heavy atom. The molecule has 0 spiro atoms. The summed E-state index contributed by atoms with van der Waals surface area (Å²) in [7, 11) is 0. The molecule has 0 saturated carbocycles. The van der Waals surface area contributed by atoms with Crippen molar-refractivity contribution in [3.05, 3.63) is 103 Å². The summed E-state index contributed by atoms with van der Waals surface area (Å²) in [5, 5.41) is 31.0. The van der Waals surface area contributed by atoms with E-state index >= 15 is 0 Å². The van der Waals surface area contributed by atoms with Gasteiger partial charge in [0.05, 0.1) is 0 Å². The van der Waals surface area contributed by atoms with Crippen LogP contribution in [0.3, 0.4) is 0 Å². The van der Waals surface area contributed by atoms with Crippen molar-refractivity contribution < 1.29 is 153 Å². The normalized spacial score (nSPS) is 13.6. The fraction of sp³-hybridized carbons (Fsp3) is 0.0833. The van der Waals surface area contributed by atoms with E-state index in [1.807, 2.05) is 0 Å². The van der Waals surface area contributed by atoms with Crippen LogP contribution in [0.4, 0.5) is 0 Å². The first-order chi connectivity index (χ1) is 14.8. The van der Waals surface area contributed by atoms with Gasteiger partial charge in [0, 0.05) is 0 Å². The number of benzene rings is 1. The van der Waals surface area contributed by atoms with Gasteiger partial charge in [-0.2, -0.15) is 30.3 Å². The van der Waals surface area contributed by atoms with E-state index in [1.165, 1.54) is 85.0 Å². The molecule has 168 valence electrons. The maximum atomic E-state index is 10.4. The average Bonchev–Trinajstić information content (AvgIpc) is 2.76. The molecule has 0 bridgehead atoms. The molecular formula is C24H19Li6O8+. The van der Waals surface area contributed by atoms with Crippen molar-refractivity contribution in [1.82, 2.24) is 0 Å². The standard InChI is InChI=1S/2C6H5O2.C6H4O2.C6H5O.6Li.H2O/c3*7-5-1-2-6(8)4-3-5;7-6-4-2-1-3-5-6;;;;;;;/h2*1-5H;1-4H;2-5,7H;;;;;;;1H2/q2*-1;;-1;6*+1;/p-2. The van der Waals surface area contributed by atoms with Crippen molar-refractivity contribution in [3.8, 4) is 5.75 Å². The summed E-state index contributed by atoms with van der Waals surface area (Å²) in [5.74, 6) is -0.401. The van der Waals surface area contributed by atoms with E-state index in [0.717, 1.165) is 0 Å². The molecule has 0 saturated heterocycles. The minimum absolute atomic E-state index is 0. The number of carbonyl (C=O) groups is 4. The van der Waals surface area contributed by atoms with Crippen molar-refractivity contribution in [3.63, 3.8) is 0 Å². The smallest absolute Gasteiger partial charge is 0.891 e. The number of hydrogen-bond acceptors (Lipinski definition) is 8. The molecule has 0 fully saturated rings. The molecule has 8 nitrogen and oxygen atoms in total. The number of hydrogen-bond donors (Lipinski definition) is 0. The maximum absolute atomic E-state index is 10.4. The average molecular weight is 477 g/mol. The topological polar surface area (TPSA) is 167 Å². The van der Waals surface area contributed by atoms with Gasteiger partial charge in [-0.1, -0.05) is 36.5 Å². The first kappa shape index (κ1) is 53.8. The molecule has 1 N–H and O–H groups in total. The Morgan fingerprint density at radius 2 is 0.737 bits per heavy atom. The Balaban J connectivity index is -0.0000000636. The Kier molecular flexibility index (Phi) is 46.5. The number of allylic oxidation sites excluding steroid dienone is 8. The van der Waals surface area contributed by atoms with Gasteiger partial charge in [0.15, 0.2) is 23.1 Å². The first-order valence-electron chi connectivity index (χ1n) is 8.96. The second-order valence-corrected chi connectivity index (χ2v) is 5.88. The molecular weight excluding hydrogens is 458 g/mol. The van der Waals surface area contributed by atoms with Gasteiger partial charge in [-0.05, 0) is 48.6 Å². The Bertz CT molecular complexity index is 865. The zero-order valence-electron chi connectivity index (χ0n) is 22.7. The molecule has 38 heavy (non-hydrogen) atoms. The summed E-state index contributed by atoms with van der Waals surface area (Å²) in [5.41, 5.74) is 0. The van der Waals surface area contributed by atoms with Gasteiger partial charge in [-0.25, -0.2) is 5.75 Å². The van der Waals surface area contributed by atoms with Crippen LogP contribution in [0.1, 0.15) is 0 Å². The molecule has 0 aromatic heterocycles. The summed E-state index contributed by atoms with van der Waals surface area (Å²) in [6, 6.07) is 8.88. The SMILES string of the molecule is O=C1C=CC(=O)C=C1.O=C1C=CC([O-])C=C1.O=C1C=CC([O-])C=C1.[Li+].[Li+].[Li+].[Li+].[Li+].[Li+].[O-]c1cc[c-]cc1.[OH-]. The first-order valence-corrected chi connectivity index (χ1v) is 8.96. The second kappa shape index (κ2) is 32.8. The van der Waals surface area contributed by atoms with Crippen molar-refractivity contribution >= 4 is 23.1 Å². The molecule has 4 rings (SSSR count). The van der Waals surface area contributed by atoms with Gasteiger partial charge in [-0.3, -0.25) is 19.2 Å². The van der Waals surface area contributed by atoms with Crippen LogP contribution in [-0.2, 0) is 19.2 Å². The second-order valence-electron chi connectivity index (χ2n) is 5.88. The molecule has 0 unspecified atom stereocenters. The fourth-order valence-electron chi connectivity index (χ4n) is 1.81. The fourth-order valence-corrected chi connectivity index (χ4v) is 1.81. The van der Waals surface area contributed by atoms with E-state index < -0.39 is 12.2 Å². The molecule has 0 heterocycles. The Labute approximate surface area is 294 Å². The number of rotatable bonds is 0. The van der Waals surface area contributed by atoms with Crippen LogP contribution in [0.2, 0.25) is 0 Å². The molecule has 0 atom stereocenters. The minimum atomic E-state index is -0.812. The van der Waals surface area contributed by atoms with Gasteiger partial charge >= 0.3 is 113 Å². The van der Waals surface area contributed by atoms with Crippen LogP contribution >= 0.6 is 0 Å². The predicted molar refractivity (Wildman–Crippen MR) is 109 cm³/mol. The van der Waals surface area contributed by atoms with E-state index in [9.17, 15) is 34.5 Å². The largest absolute Gasteiger partial charge is 1.00 e. The van der Waals surface area contributed by atoms with E-state index in [1.54, 1.807) is 12.1 Å². The van der Waals surface area contributed by atoms with Gasteiger partial charge in [0.25, 0.3) is 0 Å². The predicted octanol–water partition coefficient (Wildman–Crippen LogP) is -18.5. The van der Waals surface area contributed by atoms with Crippen LogP contribution in [0, 0.1) is 6.07 Å². The molecule has 3 aliphatic rings. The number of ketones is 4. The molecule has 3 aliphatic carbocycles. The Hall–Kier alpha value is -0.396. The van der Waals surface area contributed by atoms with E-state index in [4.69, 9.17) is 0 Å². The monoisotopic (exact) mass is 477 g/mol. The van der Waals surface area contributed by atoms with Crippen molar-refractivity contribution in [2.24, 2.45) is 0 Å². The van der Waals surface area contributed by atoms with E-state index in [-0.39, 0.29) is 148 Å². The van der Waals surface area contributed by atoms with Crippen molar-refractivity contribution in [1.29, 1.82) is 0 Å². The quantitative estimate of drug-likeness (QED) is 0.202. The van der Waals surface area contributed by atoms with E-state index in [2.05, 4.69) is 6.07 Å². The zero-order chi connectivity index (χ0) is 23.1. The minimum Gasteiger partial charge on any atom is -0.891 e. The molecule has 0 aliphatic heterocycles. The molecule has 1 aromatic rings. The third kappa shape index (κ3) is 30.2. The van der Waals surface area contributed by atoms with Crippen molar-refractivity contribution in [2.75, 3.05) is 0 Å². The maximum Gasteiger partial charge on any atom is 1.00 e. The van der Waals surface area contributed by atoms with Crippen LogP contribution in [0.15, 0.2) is 97.2 Å². The summed E-state index contributed by atoms with van der Waals surface area (Å²) < 4.78 is 0. The summed E-state index contributed by atoms with van der Waals surface area (Å²) in [4.78, 5) is 41.2. The molecule has 0 radical (unpaired) electrons. The van der Waals surface area contributed by atoms with Crippen molar-refractivity contribution in [2.45, 2.75) is 12.2 Å². The Morgan fingerprint density at radius 1 is 0.500 bits per heavy atom. The third-order valence-corrected chi connectivity index (χ3v) is 3.31. The van der Waals surface area contributed by atoms with Gasteiger partial charge < -0.3 is 20.8 Å². The third-order valence-electron chi connectivity index (χ3n) is 3.31. The molecule has 1 aromatic carbocycles.